The minimum absolute atomic E-state index is 0.156. The van der Waals surface area contributed by atoms with E-state index in [0.717, 1.165) is 0 Å². The number of rotatable bonds is 2. The van der Waals surface area contributed by atoms with Gasteiger partial charge in [-0.25, -0.2) is 0 Å². The molecular formula is C6H14O2S. The van der Waals surface area contributed by atoms with Gasteiger partial charge in [-0.05, 0) is 0 Å². The van der Waals surface area contributed by atoms with Crippen LogP contribution in [0.15, 0.2) is 0 Å². The maximum absolute atomic E-state index is 9.55. The molecule has 9 heavy (non-hydrogen) atoms. The van der Waals surface area contributed by atoms with E-state index in [9.17, 15) is 4.79 Å². The van der Waals surface area contributed by atoms with Crippen LogP contribution in [0.2, 0.25) is 0 Å². The molecule has 0 aliphatic carbocycles. The fraction of sp³-hybridized carbons (Fsp3) is 0.833. The fourth-order valence-corrected chi connectivity index (χ4v) is 0.287. The molecular weight excluding hydrogens is 136 g/mol. The summed E-state index contributed by atoms with van der Waals surface area (Å²) in [5.74, 6) is -0.361. The molecule has 0 aromatic carbocycles. The zero-order valence-corrected chi connectivity index (χ0v) is 6.82. The summed E-state index contributed by atoms with van der Waals surface area (Å²) >= 11 is 3.68. The molecule has 0 bridgehead atoms. The molecule has 3 heteroatoms. The van der Waals surface area contributed by atoms with Crippen molar-refractivity contribution >= 4 is 18.6 Å². The van der Waals surface area contributed by atoms with Crippen LogP contribution in [-0.4, -0.2) is 16.8 Å². The lowest BCUT2D eigenvalue weighted by Crippen LogP contribution is -1.93. The molecule has 0 aliphatic rings. The van der Waals surface area contributed by atoms with Gasteiger partial charge in [0.15, 0.2) is 0 Å². The summed E-state index contributed by atoms with van der Waals surface area (Å²) in [5.41, 5.74) is 0. The summed E-state index contributed by atoms with van der Waals surface area (Å²) in [6.45, 7) is 4.25. The monoisotopic (exact) mass is 150 g/mol. The predicted octanol–water partition coefficient (Wildman–Crippen LogP) is 1.81. The quantitative estimate of drug-likeness (QED) is 0.589. The lowest BCUT2D eigenvalue weighted by atomic mass is 10.5. The number of hydrogen-bond donors (Lipinski definition) is 2. The SMILES string of the molecule is CCC.O=C(O)CCS. The van der Waals surface area contributed by atoms with E-state index in [1.807, 2.05) is 0 Å². The van der Waals surface area contributed by atoms with Crippen molar-refractivity contribution in [2.75, 3.05) is 5.75 Å². The van der Waals surface area contributed by atoms with E-state index in [-0.39, 0.29) is 6.42 Å². The fourth-order valence-electron chi connectivity index (χ4n) is 0.0956. The number of carbonyl (C=O) groups is 1. The van der Waals surface area contributed by atoms with Gasteiger partial charge in [0.2, 0.25) is 0 Å². The first-order valence-electron chi connectivity index (χ1n) is 3.01. The molecule has 0 spiro atoms. The summed E-state index contributed by atoms with van der Waals surface area (Å²) in [5, 5.41) is 7.86. The number of aliphatic carboxylic acids is 1. The van der Waals surface area contributed by atoms with Gasteiger partial charge in [0.05, 0.1) is 6.42 Å². The Kier molecular flexibility index (Phi) is 13.8. The molecule has 0 atom stereocenters. The molecule has 0 aliphatic heterocycles. The average Bonchev–Trinajstić information content (AvgIpc) is 1.67. The van der Waals surface area contributed by atoms with Crippen molar-refractivity contribution in [3.63, 3.8) is 0 Å². The molecule has 0 unspecified atom stereocenters. The first-order chi connectivity index (χ1) is 4.18. The van der Waals surface area contributed by atoms with Crippen molar-refractivity contribution < 1.29 is 9.90 Å². The first-order valence-corrected chi connectivity index (χ1v) is 3.64. The van der Waals surface area contributed by atoms with Gasteiger partial charge in [-0.3, -0.25) is 4.79 Å². The normalized spacial score (nSPS) is 7.44. The lowest BCUT2D eigenvalue weighted by molar-refractivity contribution is -0.136. The number of carboxylic acid groups (broad SMARTS) is 1. The van der Waals surface area contributed by atoms with Crippen molar-refractivity contribution in [1.82, 2.24) is 0 Å². The molecule has 0 aromatic heterocycles. The molecule has 0 heterocycles. The van der Waals surface area contributed by atoms with Gasteiger partial charge >= 0.3 is 5.97 Å². The molecule has 0 fully saturated rings. The molecule has 0 radical (unpaired) electrons. The maximum atomic E-state index is 9.55. The van der Waals surface area contributed by atoms with Gasteiger partial charge in [-0.15, -0.1) is 0 Å². The second-order valence-corrected chi connectivity index (χ2v) is 2.02. The molecule has 56 valence electrons. The third-order valence-corrected chi connectivity index (χ3v) is 0.549. The topological polar surface area (TPSA) is 37.3 Å². The first kappa shape index (κ1) is 11.6. The summed E-state index contributed by atoms with van der Waals surface area (Å²) in [6, 6.07) is 0. The molecule has 0 saturated carbocycles. The van der Waals surface area contributed by atoms with Gasteiger partial charge in [0.25, 0.3) is 0 Å². The number of carboxylic acids is 1. The Morgan fingerprint density at radius 1 is 1.56 bits per heavy atom. The van der Waals surface area contributed by atoms with Crippen LogP contribution in [0, 0.1) is 0 Å². The van der Waals surface area contributed by atoms with Crippen molar-refractivity contribution in [1.29, 1.82) is 0 Å². The van der Waals surface area contributed by atoms with Crippen LogP contribution >= 0.6 is 12.6 Å². The highest BCUT2D eigenvalue weighted by molar-refractivity contribution is 7.80. The highest BCUT2D eigenvalue weighted by Gasteiger charge is 1.88. The standard InChI is InChI=1S/C3H6O2S.C3H8/c4-3(5)1-2-6;1-3-2/h6H,1-2H2,(H,4,5);3H2,1-2H3. The van der Waals surface area contributed by atoms with Gasteiger partial charge in [0, 0.05) is 5.75 Å². The second kappa shape index (κ2) is 10.7. The van der Waals surface area contributed by atoms with Crippen LogP contribution in [0.5, 0.6) is 0 Å². The zero-order valence-electron chi connectivity index (χ0n) is 5.92. The number of hydrogen-bond acceptors (Lipinski definition) is 2. The molecule has 0 rings (SSSR count). The van der Waals surface area contributed by atoms with Crippen molar-refractivity contribution in [2.24, 2.45) is 0 Å². The second-order valence-electron chi connectivity index (χ2n) is 1.57. The van der Waals surface area contributed by atoms with E-state index in [4.69, 9.17) is 5.11 Å². The Hall–Kier alpha value is -0.180. The molecule has 0 saturated heterocycles. The summed E-state index contributed by atoms with van der Waals surface area (Å²) in [6.07, 6.45) is 1.41. The molecule has 2 nitrogen and oxygen atoms in total. The van der Waals surface area contributed by atoms with E-state index in [1.165, 1.54) is 6.42 Å². The average molecular weight is 150 g/mol. The summed E-state index contributed by atoms with van der Waals surface area (Å²) < 4.78 is 0. The van der Waals surface area contributed by atoms with E-state index in [2.05, 4.69) is 26.5 Å². The van der Waals surface area contributed by atoms with Gasteiger partial charge in [0.1, 0.15) is 0 Å². The Balaban J connectivity index is 0. The predicted molar refractivity (Wildman–Crippen MR) is 42.1 cm³/mol. The highest BCUT2D eigenvalue weighted by atomic mass is 32.1. The highest BCUT2D eigenvalue weighted by Crippen LogP contribution is 1.79. The minimum Gasteiger partial charge on any atom is -0.481 e. The molecule has 0 aromatic rings. The summed E-state index contributed by atoms with van der Waals surface area (Å²) in [4.78, 5) is 9.55. The smallest absolute Gasteiger partial charge is 0.304 e. The van der Waals surface area contributed by atoms with Crippen LogP contribution in [0.4, 0.5) is 0 Å². The summed E-state index contributed by atoms with van der Waals surface area (Å²) in [7, 11) is 0. The minimum atomic E-state index is -0.787. The number of thiol groups is 1. The van der Waals surface area contributed by atoms with Gasteiger partial charge < -0.3 is 5.11 Å². The third-order valence-electron chi connectivity index (χ3n) is 0.326. The Labute approximate surface area is 61.7 Å². The molecule has 1 N–H and O–H groups in total. The third kappa shape index (κ3) is 33.3. The van der Waals surface area contributed by atoms with Gasteiger partial charge in [-0.2, -0.15) is 12.6 Å². The van der Waals surface area contributed by atoms with Gasteiger partial charge in [-0.1, -0.05) is 20.3 Å². The van der Waals surface area contributed by atoms with Crippen LogP contribution in [0.1, 0.15) is 26.7 Å². The van der Waals surface area contributed by atoms with Crippen LogP contribution in [-0.2, 0) is 4.79 Å². The van der Waals surface area contributed by atoms with Crippen molar-refractivity contribution in [2.45, 2.75) is 26.7 Å². The van der Waals surface area contributed by atoms with E-state index in [1.54, 1.807) is 0 Å². The van der Waals surface area contributed by atoms with E-state index < -0.39 is 5.97 Å². The van der Waals surface area contributed by atoms with Crippen LogP contribution < -0.4 is 0 Å². The van der Waals surface area contributed by atoms with Crippen LogP contribution in [0.25, 0.3) is 0 Å². The molecule has 0 amide bonds. The van der Waals surface area contributed by atoms with Crippen molar-refractivity contribution in [3.05, 3.63) is 0 Å². The Morgan fingerprint density at radius 3 is 1.89 bits per heavy atom. The Morgan fingerprint density at radius 2 is 1.89 bits per heavy atom. The maximum Gasteiger partial charge on any atom is 0.304 e. The lowest BCUT2D eigenvalue weighted by Gasteiger charge is -1.79. The Bertz CT molecular complexity index is 64.1. The van der Waals surface area contributed by atoms with Crippen LogP contribution in [0.3, 0.4) is 0 Å². The van der Waals surface area contributed by atoms with Crippen molar-refractivity contribution in [3.8, 4) is 0 Å². The van der Waals surface area contributed by atoms with E-state index >= 15 is 0 Å². The largest absolute Gasteiger partial charge is 0.481 e. The van der Waals surface area contributed by atoms with E-state index in [0.29, 0.717) is 5.75 Å². The zero-order chi connectivity index (χ0) is 7.70.